The first-order chi connectivity index (χ1) is 14.7. The van der Waals surface area contributed by atoms with Crippen LogP contribution in [-0.2, 0) is 19.9 Å². The number of nitrogens with one attached hydrogen (secondary N) is 2. The topological polar surface area (TPSA) is 134 Å². The molecule has 10 nitrogen and oxygen atoms in total. The number of methoxy groups -OCH3 is 2. The van der Waals surface area contributed by atoms with Crippen molar-refractivity contribution >= 4 is 29.5 Å². The van der Waals surface area contributed by atoms with E-state index in [1.54, 1.807) is 31.2 Å². The standard InChI is InChI=1S/C21H21N3O7/c1-21(12-7-9-13(30-2)10-8-12)19(28)24(20(29)23-21)11-16(25)22-15-6-4-5-14(17(15)26)18(27)31-3/h4-10,26H,11H2,1-3H3,(H,22,25)(H,23,29). The highest BCUT2D eigenvalue weighted by molar-refractivity contribution is 6.10. The monoisotopic (exact) mass is 427 g/mol. The molecular formula is C21H21N3O7. The Bertz CT molecular complexity index is 1050. The summed E-state index contributed by atoms with van der Waals surface area (Å²) in [5.74, 6) is -2.01. The molecule has 1 unspecified atom stereocenters. The van der Waals surface area contributed by atoms with Crippen LogP contribution in [-0.4, -0.2) is 54.6 Å². The van der Waals surface area contributed by atoms with Crippen molar-refractivity contribution in [3.05, 3.63) is 53.6 Å². The number of imide groups is 1. The quantitative estimate of drug-likeness (QED) is 0.362. The zero-order valence-electron chi connectivity index (χ0n) is 17.1. The van der Waals surface area contributed by atoms with Gasteiger partial charge in [-0.05, 0) is 36.8 Å². The number of rotatable bonds is 6. The second-order valence-electron chi connectivity index (χ2n) is 6.92. The first-order valence-electron chi connectivity index (χ1n) is 9.20. The molecule has 1 fully saturated rings. The fourth-order valence-corrected chi connectivity index (χ4v) is 3.21. The van der Waals surface area contributed by atoms with Crippen LogP contribution in [0.4, 0.5) is 10.5 Å². The van der Waals surface area contributed by atoms with Crippen molar-refractivity contribution in [3.63, 3.8) is 0 Å². The number of hydrogen-bond donors (Lipinski definition) is 3. The Kier molecular flexibility index (Phi) is 5.82. The number of aromatic hydroxyl groups is 1. The predicted molar refractivity (Wildman–Crippen MR) is 109 cm³/mol. The van der Waals surface area contributed by atoms with Crippen LogP contribution >= 0.6 is 0 Å². The lowest BCUT2D eigenvalue weighted by atomic mass is 9.92. The maximum atomic E-state index is 13.0. The van der Waals surface area contributed by atoms with Crippen molar-refractivity contribution < 1.29 is 33.8 Å². The molecular weight excluding hydrogens is 406 g/mol. The van der Waals surface area contributed by atoms with Crippen LogP contribution in [0.1, 0.15) is 22.8 Å². The van der Waals surface area contributed by atoms with E-state index in [0.29, 0.717) is 11.3 Å². The van der Waals surface area contributed by atoms with Crippen molar-refractivity contribution in [2.75, 3.05) is 26.1 Å². The summed E-state index contributed by atoms with van der Waals surface area (Å²) in [5.41, 5.74) is -1.02. The van der Waals surface area contributed by atoms with E-state index < -0.39 is 41.6 Å². The van der Waals surface area contributed by atoms with Gasteiger partial charge in [0.05, 0.1) is 19.9 Å². The third-order valence-electron chi connectivity index (χ3n) is 4.96. The van der Waals surface area contributed by atoms with Crippen molar-refractivity contribution in [1.82, 2.24) is 10.2 Å². The second kappa shape index (κ2) is 8.34. The molecule has 4 amide bonds. The lowest BCUT2D eigenvalue weighted by molar-refractivity contribution is -0.133. The summed E-state index contributed by atoms with van der Waals surface area (Å²) in [4.78, 5) is 50.3. The molecule has 2 aromatic carbocycles. The summed E-state index contributed by atoms with van der Waals surface area (Å²) < 4.78 is 9.66. The summed E-state index contributed by atoms with van der Waals surface area (Å²) in [6.45, 7) is 0.955. The van der Waals surface area contributed by atoms with Crippen LogP contribution in [0.15, 0.2) is 42.5 Å². The molecule has 0 spiro atoms. The highest BCUT2D eigenvalue weighted by atomic mass is 16.5. The summed E-state index contributed by atoms with van der Waals surface area (Å²) in [6, 6.07) is 10.0. The number of para-hydroxylation sites is 1. The SMILES string of the molecule is COC(=O)c1cccc(NC(=O)CN2C(=O)NC(C)(c3ccc(OC)cc3)C2=O)c1O. The van der Waals surface area contributed by atoms with E-state index >= 15 is 0 Å². The molecule has 1 aliphatic rings. The Hall–Kier alpha value is -4.08. The maximum absolute atomic E-state index is 13.0. The van der Waals surface area contributed by atoms with Gasteiger partial charge in [-0.3, -0.25) is 14.5 Å². The number of phenolic OH excluding ortho intramolecular Hbond substituents is 1. The number of nitrogens with zero attached hydrogens (tertiary/aromatic N) is 1. The first kappa shape index (κ1) is 21.6. The molecule has 1 heterocycles. The number of amides is 4. The summed E-state index contributed by atoms with van der Waals surface area (Å²) in [6.07, 6.45) is 0. The Labute approximate surface area is 177 Å². The summed E-state index contributed by atoms with van der Waals surface area (Å²) in [7, 11) is 2.67. The lowest BCUT2D eigenvalue weighted by Crippen LogP contribution is -2.42. The van der Waals surface area contributed by atoms with Gasteiger partial charge in [-0.2, -0.15) is 0 Å². The predicted octanol–water partition coefficient (Wildman–Crippen LogP) is 1.59. The second-order valence-corrected chi connectivity index (χ2v) is 6.92. The number of anilines is 1. The molecule has 0 bridgehead atoms. The minimum absolute atomic E-state index is 0.0575. The van der Waals surface area contributed by atoms with Crippen molar-refractivity contribution in [2.24, 2.45) is 0 Å². The van der Waals surface area contributed by atoms with Crippen LogP contribution in [0, 0.1) is 0 Å². The number of esters is 1. The zero-order valence-corrected chi connectivity index (χ0v) is 17.1. The molecule has 2 aromatic rings. The van der Waals surface area contributed by atoms with E-state index in [4.69, 9.17) is 4.74 Å². The van der Waals surface area contributed by atoms with Crippen molar-refractivity contribution in [3.8, 4) is 11.5 Å². The minimum Gasteiger partial charge on any atom is -0.505 e. The first-order valence-corrected chi connectivity index (χ1v) is 9.20. The van der Waals surface area contributed by atoms with Crippen LogP contribution in [0.5, 0.6) is 11.5 Å². The Morgan fingerprint density at radius 1 is 1.13 bits per heavy atom. The zero-order chi connectivity index (χ0) is 22.8. The van der Waals surface area contributed by atoms with Crippen LogP contribution in [0.2, 0.25) is 0 Å². The van der Waals surface area contributed by atoms with Crippen molar-refractivity contribution in [2.45, 2.75) is 12.5 Å². The van der Waals surface area contributed by atoms with Gasteiger partial charge in [0.15, 0.2) is 5.75 Å². The number of carbonyl (C=O) groups is 4. The Morgan fingerprint density at radius 3 is 2.42 bits per heavy atom. The van der Waals surface area contributed by atoms with Gasteiger partial charge >= 0.3 is 12.0 Å². The van der Waals surface area contributed by atoms with E-state index in [9.17, 15) is 24.3 Å². The average molecular weight is 427 g/mol. The van der Waals surface area contributed by atoms with Gasteiger partial charge in [-0.15, -0.1) is 0 Å². The largest absolute Gasteiger partial charge is 0.505 e. The van der Waals surface area contributed by atoms with Gasteiger partial charge in [-0.1, -0.05) is 18.2 Å². The van der Waals surface area contributed by atoms with Crippen LogP contribution < -0.4 is 15.4 Å². The normalized spacial score (nSPS) is 17.8. The average Bonchev–Trinajstić information content (AvgIpc) is 2.98. The Morgan fingerprint density at radius 2 is 1.81 bits per heavy atom. The van der Waals surface area contributed by atoms with Gasteiger partial charge in [0.1, 0.15) is 23.4 Å². The minimum atomic E-state index is -1.35. The third kappa shape index (κ3) is 4.00. The van der Waals surface area contributed by atoms with Crippen LogP contribution in [0.25, 0.3) is 0 Å². The number of phenols is 1. The van der Waals surface area contributed by atoms with Gasteiger partial charge in [0.25, 0.3) is 5.91 Å². The van der Waals surface area contributed by atoms with Crippen LogP contribution in [0.3, 0.4) is 0 Å². The molecule has 162 valence electrons. The highest BCUT2D eigenvalue weighted by Crippen LogP contribution is 2.31. The van der Waals surface area contributed by atoms with Gasteiger partial charge in [0.2, 0.25) is 5.91 Å². The van der Waals surface area contributed by atoms with Gasteiger partial charge in [0, 0.05) is 0 Å². The van der Waals surface area contributed by atoms with Gasteiger partial charge in [-0.25, -0.2) is 9.59 Å². The molecule has 1 saturated heterocycles. The molecule has 1 aliphatic heterocycles. The van der Waals surface area contributed by atoms with E-state index in [0.717, 1.165) is 12.0 Å². The number of benzene rings is 2. The van der Waals surface area contributed by atoms with E-state index in [-0.39, 0.29) is 11.3 Å². The lowest BCUT2D eigenvalue weighted by Gasteiger charge is -2.22. The van der Waals surface area contributed by atoms with Crippen molar-refractivity contribution in [1.29, 1.82) is 0 Å². The number of carbonyl (C=O) groups excluding carboxylic acids is 4. The molecule has 1 atom stereocenters. The molecule has 10 heteroatoms. The fraction of sp³-hybridized carbons (Fsp3) is 0.238. The molecule has 0 aromatic heterocycles. The number of urea groups is 1. The summed E-state index contributed by atoms with van der Waals surface area (Å²) >= 11 is 0. The molecule has 3 N–H and O–H groups in total. The molecule has 0 saturated carbocycles. The van der Waals surface area contributed by atoms with Gasteiger partial charge < -0.3 is 25.2 Å². The number of hydrogen-bond acceptors (Lipinski definition) is 7. The molecule has 0 aliphatic carbocycles. The van der Waals surface area contributed by atoms with E-state index in [1.165, 1.54) is 25.3 Å². The smallest absolute Gasteiger partial charge is 0.341 e. The molecule has 3 rings (SSSR count). The van der Waals surface area contributed by atoms with E-state index in [2.05, 4.69) is 15.4 Å². The fourth-order valence-electron chi connectivity index (χ4n) is 3.21. The molecule has 31 heavy (non-hydrogen) atoms. The molecule has 0 radical (unpaired) electrons. The third-order valence-corrected chi connectivity index (χ3v) is 4.96. The maximum Gasteiger partial charge on any atom is 0.341 e. The highest BCUT2D eigenvalue weighted by Gasteiger charge is 2.49. The number of ether oxygens (including phenoxy) is 2. The summed E-state index contributed by atoms with van der Waals surface area (Å²) in [5, 5.41) is 15.2. The Balaban J connectivity index is 1.75. The van der Waals surface area contributed by atoms with E-state index in [1.807, 2.05) is 0 Å².